The molecule has 0 saturated carbocycles. The summed E-state index contributed by atoms with van der Waals surface area (Å²) in [7, 11) is 3.76. The van der Waals surface area contributed by atoms with E-state index in [1.165, 1.54) is 0 Å². The Bertz CT molecular complexity index is 382. The molecule has 0 unspecified atom stereocenters. The molecule has 0 aromatic rings. The SMILES string of the molecule is CN(C)C(C)(C)CNC(=O)N[C@H](CCCC(=O)O)C(=O)O. The lowest BCUT2D eigenvalue weighted by Crippen LogP contribution is -2.52. The minimum absolute atomic E-state index is 0.0755. The van der Waals surface area contributed by atoms with Gasteiger partial charge in [0, 0.05) is 18.5 Å². The van der Waals surface area contributed by atoms with E-state index in [9.17, 15) is 14.4 Å². The molecule has 0 aromatic heterocycles. The van der Waals surface area contributed by atoms with Crippen LogP contribution in [-0.4, -0.2) is 65.3 Å². The van der Waals surface area contributed by atoms with Gasteiger partial charge in [0.15, 0.2) is 0 Å². The van der Waals surface area contributed by atoms with Crippen LogP contribution in [0.4, 0.5) is 4.79 Å². The van der Waals surface area contributed by atoms with Gasteiger partial charge in [-0.3, -0.25) is 4.79 Å². The highest BCUT2D eigenvalue weighted by Gasteiger charge is 2.23. The lowest BCUT2D eigenvalue weighted by Gasteiger charge is -2.32. The van der Waals surface area contributed by atoms with Crippen LogP contribution in [0.15, 0.2) is 0 Å². The van der Waals surface area contributed by atoms with Gasteiger partial charge in [-0.2, -0.15) is 0 Å². The zero-order valence-corrected chi connectivity index (χ0v) is 13.0. The number of likely N-dealkylation sites (N-methyl/N-ethyl adjacent to an activating group) is 1. The van der Waals surface area contributed by atoms with Crippen molar-refractivity contribution in [3.63, 3.8) is 0 Å². The van der Waals surface area contributed by atoms with Crippen molar-refractivity contribution < 1.29 is 24.6 Å². The van der Waals surface area contributed by atoms with Crippen molar-refractivity contribution in [2.45, 2.75) is 44.7 Å². The smallest absolute Gasteiger partial charge is 0.326 e. The molecule has 0 aromatic carbocycles. The van der Waals surface area contributed by atoms with Crippen LogP contribution in [0.25, 0.3) is 0 Å². The van der Waals surface area contributed by atoms with Crippen LogP contribution in [0.2, 0.25) is 0 Å². The van der Waals surface area contributed by atoms with Crippen LogP contribution in [-0.2, 0) is 9.59 Å². The Labute approximate surface area is 124 Å². The van der Waals surface area contributed by atoms with Crippen LogP contribution in [0.5, 0.6) is 0 Å². The summed E-state index contributed by atoms with van der Waals surface area (Å²) in [6.45, 7) is 4.23. The molecule has 1 atom stereocenters. The van der Waals surface area contributed by atoms with E-state index in [1.807, 2.05) is 32.8 Å². The highest BCUT2D eigenvalue weighted by atomic mass is 16.4. The molecule has 0 bridgehead atoms. The average Bonchev–Trinajstić information content (AvgIpc) is 2.34. The maximum atomic E-state index is 11.7. The van der Waals surface area contributed by atoms with E-state index in [0.717, 1.165) is 0 Å². The van der Waals surface area contributed by atoms with Crippen molar-refractivity contribution in [3.05, 3.63) is 0 Å². The number of carboxylic acids is 2. The quantitative estimate of drug-likeness (QED) is 0.487. The van der Waals surface area contributed by atoms with Crippen molar-refractivity contribution in [3.8, 4) is 0 Å². The van der Waals surface area contributed by atoms with E-state index < -0.39 is 24.0 Å². The van der Waals surface area contributed by atoms with Crippen LogP contribution in [0, 0.1) is 0 Å². The molecule has 0 rings (SSSR count). The Morgan fingerprint density at radius 3 is 2.19 bits per heavy atom. The number of hydrogen-bond donors (Lipinski definition) is 4. The molecular weight excluding hydrogens is 278 g/mol. The summed E-state index contributed by atoms with van der Waals surface area (Å²) in [4.78, 5) is 35.1. The Hall–Kier alpha value is -1.83. The molecule has 122 valence electrons. The molecule has 0 spiro atoms. The predicted octanol–water partition coefficient (Wildman–Crippen LogP) is 0.334. The molecule has 0 heterocycles. The van der Waals surface area contributed by atoms with Gasteiger partial charge in [0.2, 0.25) is 0 Å². The number of carbonyl (C=O) groups excluding carboxylic acids is 1. The summed E-state index contributed by atoms with van der Waals surface area (Å²) < 4.78 is 0. The number of carboxylic acid groups (broad SMARTS) is 2. The Kier molecular flexibility index (Phi) is 7.72. The summed E-state index contributed by atoms with van der Waals surface area (Å²) in [6, 6.07) is -1.67. The first-order chi connectivity index (χ1) is 9.56. The summed E-state index contributed by atoms with van der Waals surface area (Å²) in [6.07, 6.45) is 0.142. The van der Waals surface area contributed by atoms with Crippen molar-refractivity contribution in [2.24, 2.45) is 0 Å². The van der Waals surface area contributed by atoms with Gasteiger partial charge in [0.05, 0.1) is 0 Å². The third-order valence-electron chi connectivity index (χ3n) is 3.38. The van der Waals surface area contributed by atoms with E-state index in [-0.39, 0.29) is 24.8 Å². The predicted molar refractivity (Wildman–Crippen MR) is 77.2 cm³/mol. The number of hydrogen-bond acceptors (Lipinski definition) is 4. The molecule has 21 heavy (non-hydrogen) atoms. The fourth-order valence-corrected chi connectivity index (χ4v) is 1.38. The summed E-state index contributed by atoms with van der Waals surface area (Å²) in [5.41, 5.74) is -0.265. The second-order valence-electron chi connectivity index (χ2n) is 5.71. The second-order valence-corrected chi connectivity index (χ2v) is 5.71. The number of nitrogens with zero attached hydrogens (tertiary/aromatic N) is 1. The van der Waals surface area contributed by atoms with Gasteiger partial charge >= 0.3 is 18.0 Å². The lowest BCUT2D eigenvalue weighted by atomic mass is 10.0. The third kappa shape index (κ3) is 8.13. The largest absolute Gasteiger partial charge is 0.481 e. The monoisotopic (exact) mass is 303 g/mol. The van der Waals surface area contributed by atoms with Gasteiger partial charge in [0.1, 0.15) is 6.04 Å². The number of amides is 2. The maximum absolute atomic E-state index is 11.7. The van der Waals surface area contributed by atoms with E-state index in [1.54, 1.807) is 0 Å². The van der Waals surface area contributed by atoms with E-state index in [2.05, 4.69) is 10.6 Å². The molecular formula is C13H25N3O5. The highest BCUT2D eigenvalue weighted by molar-refractivity contribution is 5.82. The zero-order valence-electron chi connectivity index (χ0n) is 13.0. The first-order valence-electron chi connectivity index (χ1n) is 6.72. The van der Waals surface area contributed by atoms with Crippen LogP contribution < -0.4 is 10.6 Å². The summed E-state index contributed by atoms with van der Waals surface area (Å²) in [5.74, 6) is -2.17. The summed E-state index contributed by atoms with van der Waals surface area (Å²) >= 11 is 0. The molecule has 0 aliphatic carbocycles. The molecule has 2 amide bonds. The highest BCUT2D eigenvalue weighted by Crippen LogP contribution is 2.07. The number of aliphatic carboxylic acids is 2. The topological polar surface area (TPSA) is 119 Å². The molecule has 0 aliphatic heterocycles. The second kappa shape index (κ2) is 8.46. The Morgan fingerprint density at radius 1 is 1.19 bits per heavy atom. The Morgan fingerprint density at radius 2 is 1.76 bits per heavy atom. The summed E-state index contributed by atoms with van der Waals surface area (Å²) in [5, 5.41) is 22.5. The van der Waals surface area contributed by atoms with E-state index in [4.69, 9.17) is 10.2 Å². The molecule has 4 N–H and O–H groups in total. The van der Waals surface area contributed by atoms with Crippen LogP contribution in [0.1, 0.15) is 33.1 Å². The molecule has 0 aliphatic rings. The van der Waals surface area contributed by atoms with Crippen molar-refractivity contribution in [1.82, 2.24) is 15.5 Å². The number of carbonyl (C=O) groups is 3. The van der Waals surface area contributed by atoms with E-state index in [0.29, 0.717) is 6.54 Å². The van der Waals surface area contributed by atoms with Crippen LogP contribution in [0.3, 0.4) is 0 Å². The molecule has 8 nitrogen and oxygen atoms in total. The minimum Gasteiger partial charge on any atom is -0.481 e. The minimum atomic E-state index is -1.18. The van der Waals surface area contributed by atoms with E-state index >= 15 is 0 Å². The van der Waals surface area contributed by atoms with Gasteiger partial charge in [-0.1, -0.05) is 0 Å². The number of urea groups is 1. The Balaban J connectivity index is 4.29. The molecule has 0 saturated heterocycles. The zero-order chi connectivity index (χ0) is 16.6. The van der Waals surface area contributed by atoms with Crippen molar-refractivity contribution >= 4 is 18.0 Å². The van der Waals surface area contributed by atoms with Gasteiger partial charge in [-0.15, -0.1) is 0 Å². The number of nitrogens with one attached hydrogen (secondary N) is 2. The van der Waals surface area contributed by atoms with Gasteiger partial charge in [-0.05, 0) is 40.8 Å². The molecule has 0 fully saturated rings. The number of rotatable bonds is 9. The third-order valence-corrected chi connectivity index (χ3v) is 3.38. The fourth-order valence-electron chi connectivity index (χ4n) is 1.38. The molecule has 8 heteroatoms. The first-order valence-corrected chi connectivity index (χ1v) is 6.72. The normalized spacial score (nSPS) is 12.8. The fraction of sp³-hybridized carbons (Fsp3) is 0.769. The van der Waals surface area contributed by atoms with Crippen LogP contribution >= 0.6 is 0 Å². The van der Waals surface area contributed by atoms with Crippen molar-refractivity contribution in [1.29, 1.82) is 0 Å². The van der Waals surface area contributed by atoms with Gasteiger partial charge < -0.3 is 25.7 Å². The van der Waals surface area contributed by atoms with Gasteiger partial charge in [0.25, 0.3) is 0 Å². The lowest BCUT2D eigenvalue weighted by molar-refractivity contribution is -0.140. The molecule has 0 radical (unpaired) electrons. The standard InChI is InChI=1S/C13H25N3O5/c1-13(2,16(3)4)8-14-12(21)15-9(11(19)20)6-5-7-10(17)18/h9H,5-8H2,1-4H3,(H,17,18)(H,19,20)(H2,14,15,21)/t9-/m1/s1. The van der Waals surface area contributed by atoms with Gasteiger partial charge in [-0.25, -0.2) is 9.59 Å². The average molecular weight is 303 g/mol. The first kappa shape index (κ1) is 19.2. The maximum Gasteiger partial charge on any atom is 0.326 e. The van der Waals surface area contributed by atoms with Crippen molar-refractivity contribution in [2.75, 3.05) is 20.6 Å².